The number of amides is 2. The van der Waals surface area contributed by atoms with Crippen molar-refractivity contribution in [2.75, 3.05) is 32.8 Å². The van der Waals surface area contributed by atoms with Crippen LogP contribution in [-0.4, -0.2) is 55.7 Å². The van der Waals surface area contributed by atoms with Gasteiger partial charge in [-0.15, -0.1) is 0 Å². The molecule has 1 aromatic rings. The molecule has 0 saturated carbocycles. The lowest BCUT2D eigenvalue weighted by atomic mass is 9.77. The van der Waals surface area contributed by atoms with E-state index in [1.165, 1.54) is 11.1 Å². The molecule has 4 rings (SSSR count). The monoisotopic (exact) mass is 400 g/mol. The van der Waals surface area contributed by atoms with Crippen molar-refractivity contribution in [1.82, 2.24) is 10.2 Å². The van der Waals surface area contributed by atoms with Gasteiger partial charge < -0.3 is 19.7 Å². The molecule has 2 amide bonds. The number of likely N-dealkylation sites (tertiary alicyclic amines) is 1. The summed E-state index contributed by atoms with van der Waals surface area (Å²) in [6, 6.07) is 8.56. The third-order valence-electron chi connectivity index (χ3n) is 6.64. The molecule has 0 bridgehead atoms. The van der Waals surface area contributed by atoms with Crippen LogP contribution in [0, 0.1) is 5.92 Å². The number of nitrogens with one attached hydrogen (secondary N) is 1. The predicted molar refractivity (Wildman–Crippen MR) is 109 cm³/mol. The van der Waals surface area contributed by atoms with Crippen LogP contribution in [0.5, 0.6) is 0 Å². The Balaban J connectivity index is 1.44. The summed E-state index contributed by atoms with van der Waals surface area (Å²) in [6.45, 7) is 5.05. The Bertz CT molecular complexity index is 736. The lowest BCUT2D eigenvalue weighted by Crippen LogP contribution is -2.51. The smallest absolute Gasteiger partial charge is 0.225 e. The Morgan fingerprint density at radius 1 is 1.17 bits per heavy atom. The van der Waals surface area contributed by atoms with E-state index < -0.39 is 0 Å². The first-order valence-corrected chi connectivity index (χ1v) is 10.9. The topological polar surface area (TPSA) is 67.9 Å². The Labute approximate surface area is 172 Å². The van der Waals surface area contributed by atoms with Crippen LogP contribution in [0.25, 0.3) is 0 Å². The van der Waals surface area contributed by atoms with Crippen LogP contribution in [0.3, 0.4) is 0 Å². The fourth-order valence-corrected chi connectivity index (χ4v) is 5.06. The van der Waals surface area contributed by atoms with E-state index in [-0.39, 0.29) is 29.4 Å². The van der Waals surface area contributed by atoms with Crippen LogP contribution in [0.2, 0.25) is 0 Å². The van der Waals surface area contributed by atoms with Gasteiger partial charge in [-0.3, -0.25) is 9.59 Å². The average Bonchev–Trinajstić information content (AvgIpc) is 2.74. The molecule has 6 nitrogen and oxygen atoms in total. The molecule has 2 saturated heterocycles. The summed E-state index contributed by atoms with van der Waals surface area (Å²) in [5.41, 5.74) is 2.31. The second-order valence-corrected chi connectivity index (χ2v) is 8.58. The number of benzene rings is 1. The van der Waals surface area contributed by atoms with E-state index in [9.17, 15) is 9.59 Å². The van der Waals surface area contributed by atoms with Gasteiger partial charge in [0.1, 0.15) is 0 Å². The second kappa shape index (κ2) is 8.84. The van der Waals surface area contributed by atoms with Crippen LogP contribution >= 0.6 is 0 Å². The summed E-state index contributed by atoms with van der Waals surface area (Å²) in [4.78, 5) is 26.2. The highest BCUT2D eigenvalue weighted by atomic mass is 16.5. The lowest BCUT2D eigenvalue weighted by Gasteiger charge is -2.48. The van der Waals surface area contributed by atoms with Crippen molar-refractivity contribution >= 4 is 11.8 Å². The van der Waals surface area contributed by atoms with Crippen molar-refractivity contribution in [3.05, 3.63) is 35.4 Å². The fourth-order valence-electron chi connectivity index (χ4n) is 5.06. The summed E-state index contributed by atoms with van der Waals surface area (Å²) in [5, 5.41) is 2.88. The first kappa shape index (κ1) is 20.4. The van der Waals surface area contributed by atoms with E-state index in [0.29, 0.717) is 19.8 Å². The molecule has 1 aromatic carbocycles. The van der Waals surface area contributed by atoms with Gasteiger partial charge in [-0.1, -0.05) is 24.3 Å². The Morgan fingerprint density at radius 3 is 2.62 bits per heavy atom. The molecule has 0 aliphatic carbocycles. The van der Waals surface area contributed by atoms with E-state index in [0.717, 1.165) is 51.6 Å². The van der Waals surface area contributed by atoms with Gasteiger partial charge in [0.25, 0.3) is 0 Å². The average molecular weight is 401 g/mol. The summed E-state index contributed by atoms with van der Waals surface area (Å²) in [7, 11) is 0. The summed E-state index contributed by atoms with van der Waals surface area (Å²) in [5.74, 6) is 0.396. The lowest BCUT2D eigenvalue weighted by molar-refractivity contribution is -0.157. The molecule has 3 heterocycles. The number of hydrogen-bond donors (Lipinski definition) is 1. The van der Waals surface area contributed by atoms with E-state index in [4.69, 9.17) is 9.47 Å². The van der Waals surface area contributed by atoms with Gasteiger partial charge in [0.15, 0.2) is 0 Å². The minimum absolute atomic E-state index is 0.00384. The van der Waals surface area contributed by atoms with Crippen molar-refractivity contribution in [3.8, 4) is 0 Å². The van der Waals surface area contributed by atoms with Crippen molar-refractivity contribution in [1.29, 1.82) is 0 Å². The van der Waals surface area contributed by atoms with E-state index in [2.05, 4.69) is 29.6 Å². The van der Waals surface area contributed by atoms with Crippen LogP contribution in [-0.2, 0) is 31.1 Å². The molecule has 1 atom stereocenters. The summed E-state index contributed by atoms with van der Waals surface area (Å²) < 4.78 is 12.1. The Hall–Kier alpha value is -1.92. The zero-order chi connectivity index (χ0) is 20.3. The quantitative estimate of drug-likeness (QED) is 0.843. The third kappa shape index (κ3) is 4.48. The van der Waals surface area contributed by atoms with Crippen LogP contribution in [0.1, 0.15) is 50.2 Å². The highest BCUT2D eigenvalue weighted by Crippen LogP contribution is 2.44. The van der Waals surface area contributed by atoms with Crippen molar-refractivity contribution in [2.24, 2.45) is 5.92 Å². The maximum atomic E-state index is 12.9. The van der Waals surface area contributed by atoms with Gasteiger partial charge in [-0.2, -0.15) is 0 Å². The standard InChI is InChI=1S/C23H32N2O4/c1-17(26)24-11-6-20-16-19-4-2-3-5-21(19)23(29-20)9-12-25(13-10-23)22(27)18-7-14-28-15-8-18/h2-5,18,20H,6-16H2,1H3,(H,24,26). The van der Waals surface area contributed by atoms with Gasteiger partial charge in [-0.05, 0) is 49.7 Å². The highest BCUT2D eigenvalue weighted by Gasteiger charge is 2.44. The molecular weight excluding hydrogens is 368 g/mol. The largest absolute Gasteiger partial charge is 0.381 e. The molecule has 3 aliphatic rings. The second-order valence-electron chi connectivity index (χ2n) is 8.58. The highest BCUT2D eigenvalue weighted by molar-refractivity contribution is 5.79. The van der Waals surface area contributed by atoms with Crippen molar-refractivity contribution < 1.29 is 19.1 Å². The number of carbonyl (C=O) groups is 2. The number of ether oxygens (including phenoxy) is 2. The predicted octanol–water partition coefficient (Wildman–Crippen LogP) is 2.40. The number of fused-ring (bicyclic) bond motifs is 2. The molecule has 2 fully saturated rings. The summed E-state index contributed by atoms with van der Waals surface area (Å²) in [6.07, 6.45) is 5.11. The van der Waals surface area contributed by atoms with E-state index in [1.807, 2.05) is 4.90 Å². The molecule has 29 heavy (non-hydrogen) atoms. The van der Waals surface area contributed by atoms with Crippen LogP contribution in [0.15, 0.2) is 24.3 Å². The molecule has 158 valence electrons. The Morgan fingerprint density at radius 2 is 1.90 bits per heavy atom. The normalized spacial score (nSPS) is 24.2. The minimum Gasteiger partial charge on any atom is -0.381 e. The third-order valence-corrected chi connectivity index (χ3v) is 6.64. The van der Waals surface area contributed by atoms with Gasteiger partial charge in [0, 0.05) is 45.7 Å². The first-order valence-electron chi connectivity index (χ1n) is 10.9. The fraction of sp³-hybridized carbons (Fsp3) is 0.652. The van der Waals surface area contributed by atoms with Crippen molar-refractivity contribution in [2.45, 2.75) is 57.2 Å². The van der Waals surface area contributed by atoms with Crippen LogP contribution in [0.4, 0.5) is 0 Å². The number of piperidine rings is 1. The maximum absolute atomic E-state index is 12.9. The van der Waals surface area contributed by atoms with Crippen molar-refractivity contribution in [3.63, 3.8) is 0 Å². The molecule has 6 heteroatoms. The molecule has 0 radical (unpaired) electrons. The zero-order valence-corrected chi connectivity index (χ0v) is 17.3. The van der Waals surface area contributed by atoms with Crippen LogP contribution < -0.4 is 5.32 Å². The molecule has 1 N–H and O–H groups in total. The van der Waals surface area contributed by atoms with Gasteiger partial charge in [-0.25, -0.2) is 0 Å². The number of rotatable bonds is 4. The van der Waals surface area contributed by atoms with Gasteiger partial charge in [0.05, 0.1) is 11.7 Å². The van der Waals surface area contributed by atoms with E-state index in [1.54, 1.807) is 6.92 Å². The molecular formula is C23H32N2O4. The molecule has 3 aliphatic heterocycles. The summed E-state index contributed by atoms with van der Waals surface area (Å²) >= 11 is 0. The van der Waals surface area contributed by atoms with E-state index >= 15 is 0 Å². The number of nitrogens with zero attached hydrogens (tertiary/aromatic N) is 1. The number of carbonyl (C=O) groups excluding carboxylic acids is 2. The SMILES string of the molecule is CC(=O)NCCC1Cc2ccccc2C2(CCN(C(=O)C3CCOCC3)CC2)O1. The molecule has 1 spiro atoms. The maximum Gasteiger partial charge on any atom is 0.225 e. The first-order chi connectivity index (χ1) is 14.1. The number of hydrogen-bond acceptors (Lipinski definition) is 4. The molecule has 0 aromatic heterocycles. The minimum atomic E-state index is -0.317. The zero-order valence-electron chi connectivity index (χ0n) is 17.3. The van der Waals surface area contributed by atoms with Gasteiger partial charge in [0.2, 0.25) is 11.8 Å². The Kier molecular flexibility index (Phi) is 6.20. The van der Waals surface area contributed by atoms with Gasteiger partial charge >= 0.3 is 0 Å². The molecule has 1 unspecified atom stereocenters.